The van der Waals surface area contributed by atoms with Crippen molar-refractivity contribution in [2.75, 3.05) is 0 Å². The Hall–Kier alpha value is -2.11. The maximum atomic E-state index is 12.0. The number of furan rings is 1. The van der Waals surface area contributed by atoms with Crippen molar-refractivity contribution < 1.29 is 9.21 Å². The van der Waals surface area contributed by atoms with E-state index in [0.29, 0.717) is 5.76 Å². The molecule has 2 aromatic heterocycles. The second-order valence-corrected chi connectivity index (χ2v) is 4.84. The van der Waals surface area contributed by atoms with Gasteiger partial charge in [0.15, 0.2) is 11.6 Å². The highest BCUT2D eigenvalue weighted by Gasteiger charge is 2.23. The van der Waals surface area contributed by atoms with Gasteiger partial charge in [-0.2, -0.15) is 0 Å². The molecule has 1 aliphatic rings. The van der Waals surface area contributed by atoms with Gasteiger partial charge in [-0.15, -0.1) is 10.2 Å². The summed E-state index contributed by atoms with van der Waals surface area (Å²) in [6.07, 6.45) is 2.06. The number of hydrogen-bond donors (Lipinski definition) is 1. The van der Waals surface area contributed by atoms with Crippen LogP contribution in [0.5, 0.6) is 0 Å². The molecule has 1 aliphatic heterocycles. The van der Waals surface area contributed by atoms with E-state index in [9.17, 15) is 4.79 Å². The third kappa shape index (κ3) is 2.14. The van der Waals surface area contributed by atoms with Crippen molar-refractivity contribution in [2.24, 2.45) is 0 Å². The molecule has 1 atom stereocenters. The van der Waals surface area contributed by atoms with E-state index in [2.05, 4.69) is 20.1 Å². The second kappa shape index (κ2) is 4.53. The highest BCUT2D eigenvalue weighted by Crippen LogP contribution is 2.19. The first-order valence-corrected chi connectivity index (χ1v) is 6.44. The molecule has 0 aliphatic carbocycles. The van der Waals surface area contributed by atoms with Crippen LogP contribution in [-0.2, 0) is 13.0 Å². The summed E-state index contributed by atoms with van der Waals surface area (Å²) in [5, 5.41) is 11.2. The minimum absolute atomic E-state index is 0.183. The van der Waals surface area contributed by atoms with Gasteiger partial charge in [-0.05, 0) is 32.4 Å². The fourth-order valence-electron chi connectivity index (χ4n) is 2.38. The van der Waals surface area contributed by atoms with Crippen molar-refractivity contribution in [3.63, 3.8) is 0 Å². The van der Waals surface area contributed by atoms with E-state index in [0.717, 1.165) is 36.8 Å². The monoisotopic (exact) mass is 260 g/mol. The third-order valence-corrected chi connectivity index (χ3v) is 3.34. The summed E-state index contributed by atoms with van der Waals surface area (Å²) in [5.74, 6) is 2.64. The van der Waals surface area contributed by atoms with Crippen LogP contribution in [0.1, 0.15) is 47.4 Å². The summed E-state index contributed by atoms with van der Waals surface area (Å²) >= 11 is 0. The lowest BCUT2D eigenvalue weighted by molar-refractivity contribution is 0.0908. The largest absolute Gasteiger partial charge is 0.456 e. The Morgan fingerprint density at radius 1 is 1.47 bits per heavy atom. The molecule has 0 saturated heterocycles. The average molecular weight is 260 g/mol. The van der Waals surface area contributed by atoms with Crippen molar-refractivity contribution in [1.29, 1.82) is 0 Å². The molecule has 2 aromatic rings. The number of fused-ring (bicyclic) bond motifs is 1. The summed E-state index contributed by atoms with van der Waals surface area (Å²) in [5.41, 5.74) is 0. The molecule has 19 heavy (non-hydrogen) atoms. The van der Waals surface area contributed by atoms with E-state index < -0.39 is 0 Å². The summed E-state index contributed by atoms with van der Waals surface area (Å²) < 4.78 is 7.38. The molecule has 0 fully saturated rings. The standard InChI is InChI=1S/C13H16N4O2/c1-8-5-6-10(19-8)13(18)14-9(2)12-16-15-11-4-3-7-17(11)12/h5-6,9H,3-4,7H2,1-2H3,(H,14,18)/t9-/m1/s1. The first-order chi connectivity index (χ1) is 9.15. The van der Waals surface area contributed by atoms with Crippen molar-refractivity contribution in [3.05, 3.63) is 35.3 Å². The zero-order chi connectivity index (χ0) is 13.4. The Morgan fingerprint density at radius 2 is 2.32 bits per heavy atom. The van der Waals surface area contributed by atoms with Crippen LogP contribution in [0.25, 0.3) is 0 Å². The van der Waals surface area contributed by atoms with E-state index in [4.69, 9.17) is 4.42 Å². The van der Waals surface area contributed by atoms with Gasteiger partial charge in [0.25, 0.3) is 5.91 Å². The van der Waals surface area contributed by atoms with Crippen LogP contribution in [0, 0.1) is 6.92 Å². The highest BCUT2D eigenvalue weighted by molar-refractivity contribution is 5.91. The van der Waals surface area contributed by atoms with Gasteiger partial charge in [-0.3, -0.25) is 4.79 Å². The van der Waals surface area contributed by atoms with Gasteiger partial charge in [0.05, 0.1) is 6.04 Å². The topological polar surface area (TPSA) is 73.0 Å². The number of aromatic nitrogens is 3. The lowest BCUT2D eigenvalue weighted by Crippen LogP contribution is -2.28. The molecule has 1 N–H and O–H groups in total. The van der Waals surface area contributed by atoms with Crippen molar-refractivity contribution in [3.8, 4) is 0 Å². The number of nitrogens with zero attached hydrogens (tertiary/aromatic N) is 3. The summed E-state index contributed by atoms with van der Waals surface area (Å²) in [4.78, 5) is 12.0. The maximum Gasteiger partial charge on any atom is 0.287 e. The Labute approximate surface area is 110 Å². The minimum atomic E-state index is -0.226. The highest BCUT2D eigenvalue weighted by atomic mass is 16.3. The molecule has 3 rings (SSSR count). The van der Waals surface area contributed by atoms with Crippen LogP contribution < -0.4 is 5.32 Å². The fourth-order valence-corrected chi connectivity index (χ4v) is 2.38. The summed E-state index contributed by atoms with van der Waals surface area (Å²) in [6, 6.07) is 3.26. The second-order valence-electron chi connectivity index (χ2n) is 4.84. The van der Waals surface area contributed by atoms with Gasteiger partial charge in [0.2, 0.25) is 0 Å². The molecule has 0 bridgehead atoms. The van der Waals surface area contributed by atoms with Crippen molar-refractivity contribution >= 4 is 5.91 Å². The zero-order valence-electron chi connectivity index (χ0n) is 11.0. The van der Waals surface area contributed by atoms with Crippen LogP contribution in [0.2, 0.25) is 0 Å². The van der Waals surface area contributed by atoms with Crippen LogP contribution in [0.4, 0.5) is 0 Å². The summed E-state index contributed by atoms with van der Waals surface area (Å²) in [6.45, 7) is 4.65. The normalized spacial score (nSPS) is 15.3. The van der Waals surface area contributed by atoms with Crippen LogP contribution >= 0.6 is 0 Å². The van der Waals surface area contributed by atoms with Crippen molar-refractivity contribution in [1.82, 2.24) is 20.1 Å². The lowest BCUT2D eigenvalue weighted by Gasteiger charge is -2.12. The Kier molecular flexibility index (Phi) is 2.85. The van der Waals surface area contributed by atoms with E-state index >= 15 is 0 Å². The molecule has 0 radical (unpaired) electrons. The van der Waals surface area contributed by atoms with E-state index in [1.807, 2.05) is 13.8 Å². The van der Waals surface area contributed by atoms with Gasteiger partial charge in [-0.25, -0.2) is 0 Å². The molecule has 3 heterocycles. The zero-order valence-corrected chi connectivity index (χ0v) is 11.0. The number of aryl methyl sites for hydroxylation is 2. The number of amides is 1. The molecule has 0 saturated carbocycles. The quantitative estimate of drug-likeness (QED) is 0.910. The number of carbonyl (C=O) groups excluding carboxylic acids is 1. The third-order valence-electron chi connectivity index (χ3n) is 3.34. The van der Waals surface area contributed by atoms with Crippen molar-refractivity contribution in [2.45, 2.75) is 39.3 Å². The molecule has 0 spiro atoms. The van der Waals surface area contributed by atoms with E-state index in [1.165, 1.54) is 0 Å². The van der Waals surface area contributed by atoms with E-state index in [-0.39, 0.29) is 11.9 Å². The van der Waals surface area contributed by atoms with Gasteiger partial charge >= 0.3 is 0 Å². The summed E-state index contributed by atoms with van der Waals surface area (Å²) in [7, 11) is 0. The van der Waals surface area contributed by atoms with Gasteiger partial charge in [-0.1, -0.05) is 0 Å². The fraction of sp³-hybridized carbons (Fsp3) is 0.462. The van der Waals surface area contributed by atoms with Gasteiger partial charge in [0, 0.05) is 13.0 Å². The molecule has 100 valence electrons. The SMILES string of the molecule is Cc1ccc(C(=O)N[C@H](C)c2nnc3n2CCC3)o1. The van der Waals surface area contributed by atoms with Crippen LogP contribution in [-0.4, -0.2) is 20.7 Å². The van der Waals surface area contributed by atoms with Crippen LogP contribution in [0.15, 0.2) is 16.5 Å². The number of rotatable bonds is 3. The lowest BCUT2D eigenvalue weighted by atomic mass is 10.3. The molecular weight excluding hydrogens is 244 g/mol. The average Bonchev–Trinajstić information content (AvgIpc) is 3.02. The Bertz CT molecular complexity index is 614. The molecule has 0 unspecified atom stereocenters. The smallest absolute Gasteiger partial charge is 0.287 e. The Morgan fingerprint density at radius 3 is 3.05 bits per heavy atom. The molecular formula is C13H16N4O2. The molecule has 6 nitrogen and oxygen atoms in total. The first-order valence-electron chi connectivity index (χ1n) is 6.44. The molecule has 6 heteroatoms. The number of nitrogens with one attached hydrogen (secondary N) is 1. The van der Waals surface area contributed by atoms with Gasteiger partial charge in [0.1, 0.15) is 11.6 Å². The van der Waals surface area contributed by atoms with Gasteiger partial charge < -0.3 is 14.3 Å². The first kappa shape index (κ1) is 12.0. The predicted octanol–water partition coefficient (Wildman–Crippen LogP) is 1.62. The van der Waals surface area contributed by atoms with Crippen LogP contribution in [0.3, 0.4) is 0 Å². The minimum Gasteiger partial charge on any atom is -0.456 e. The number of carbonyl (C=O) groups is 1. The van der Waals surface area contributed by atoms with E-state index in [1.54, 1.807) is 12.1 Å². The maximum absolute atomic E-state index is 12.0. The predicted molar refractivity (Wildman–Crippen MR) is 67.7 cm³/mol. The molecule has 1 amide bonds. The number of hydrogen-bond acceptors (Lipinski definition) is 4. The molecule has 0 aromatic carbocycles. The Balaban J connectivity index is 1.74.